The summed E-state index contributed by atoms with van der Waals surface area (Å²) in [7, 11) is 0. The Labute approximate surface area is 322 Å². The van der Waals surface area contributed by atoms with Crippen molar-refractivity contribution in [3.05, 3.63) is 46.5 Å². The van der Waals surface area contributed by atoms with Crippen LogP contribution in [0.2, 0.25) is 0 Å². The van der Waals surface area contributed by atoms with Gasteiger partial charge in [0.1, 0.15) is 12.2 Å². The summed E-state index contributed by atoms with van der Waals surface area (Å²) in [6.45, 7) is 5.57. The summed E-state index contributed by atoms with van der Waals surface area (Å²) in [5.74, 6) is 2.91. The van der Waals surface area contributed by atoms with Gasteiger partial charge >= 0.3 is 0 Å². The van der Waals surface area contributed by atoms with Gasteiger partial charge in [-0.1, -0.05) is 12.1 Å². The summed E-state index contributed by atoms with van der Waals surface area (Å²) < 4.78 is 32.5. The standard InChI is InChI=1S/C44H56N2O9/c47-29-7-5-27-21-33-43(49)11-9-31(39-41(43,35(27)37(29)54-39)13-15-45(33)23-25-1-2-25)52-19-17-51-18-20-53-32-10-12-44(50)34-22-28-6-8-30(48)38-36(28)42(44,40(32)55-38)14-16-46(34)24-26-3-4-26/h5-8,25-26,31-34,39-40,47-50H,1-4,9-24H2/t31-,32-,33?,34?,39+,40+,41+,42+,43-,44-/m1/s1. The van der Waals surface area contributed by atoms with Crippen LogP contribution in [0.3, 0.4) is 0 Å². The fourth-order valence-electron chi connectivity index (χ4n) is 13.8. The molecule has 2 aromatic rings. The molecule has 4 bridgehead atoms. The number of benzene rings is 2. The number of aliphatic hydroxyl groups is 2. The Hall–Kier alpha value is -2.64. The van der Waals surface area contributed by atoms with Gasteiger partial charge in [0, 0.05) is 36.3 Å². The first-order chi connectivity index (χ1) is 26.7. The normalized spacial score (nSPS) is 41.7. The Morgan fingerprint density at radius 3 is 1.49 bits per heavy atom. The Morgan fingerprint density at radius 1 is 0.600 bits per heavy atom. The van der Waals surface area contributed by atoms with E-state index in [1.165, 1.54) is 36.8 Å². The van der Waals surface area contributed by atoms with Gasteiger partial charge in [-0.3, -0.25) is 9.80 Å². The van der Waals surface area contributed by atoms with Crippen LogP contribution < -0.4 is 9.47 Å². The van der Waals surface area contributed by atoms with Crippen LogP contribution >= 0.6 is 0 Å². The average molecular weight is 757 g/mol. The number of aromatic hydroxyl groups is 2. The highest BCUT2D eigenvalue weighted by Gasteiger charge is 2.75. The maximum Gasteiger partial charge on any atom is 0.165 e. The number of likely N-dealkylation sites (tertiary alicyclic amines) is 2. The summed E-state index contributed by atoms with van der Waals surface area (Å²) in [6.07, 6.45) is 9.87. The molecule has 12 rings (SSSR count). The molecule has 2 unspecified atom stereocenters. The number of ether oxygens (including phenoxy) is 5. The Bertz CT molecular complexity index is 1770. The van der Waals surface area contributed by atoms with E-state index in [2.05, 4.69) is 9.80 Å². The van der Waals surface area contributed by atoms with Crippen LogP contribution in [0, 0.1) is 11.8 Å². The quantitative estimate of drug-likeness (QED) is 0.237. The van der Waals surface area contributed by atoms with Crippen LogP contribution in [0.15, 0.2) is 24.3 Å². The SMILES string of the molecule is Oc1ccc2c3c1O[C@H]1[C@H](OCCOCCO[C@@H]4CC[C@@]5(O)C6Cc7ccc(O)c8c7[C@@]5(CCN6CC5CC5)[C@H]4O8)CC[C@@]4(O)C(C2)N(CC2CC2)CC[C@]314. The molecule has 2 aromatic carbocycles. The Kier molecular flexibility index (Phi) is 7.48. The first-order valence-electron chi connectivity index (χ1n) is 21.5. The van der Waals surface area contributed by atoms with Crippen molar-refractivity contribution in [1.82, 2.24) is 9.80 Å². The molecule has 4 saturated carbocycles. The molecule has 2 spiro atoms. The van der Waals surface area contributed by atoms with Gasteiger partial charge in [-0.25, -0.2) is 0 Å². The summed E-state index contributed by atoms with van der Waals surface area (Å²) >= 11 is 0. The van der Waals surface area contributed by atoms with Gasteiger partial charge in [-0.05, 0) is 125 Å². The van der Waals surface area contributed by atoms with Crippen molar-refractivity contribution in [2.75, 3.05) is 52.6 Å². The third-order valence-corrected chi connectivity index (χ3v) is 16.5. The van der Waals surface area contributed by atoms with Crippen LogP contribution in [0.4, 0.5) is 0 Å². The van der Waals surface area contributed by atoms with Gasteiger partial charge < -0.3 is 44.1 Å². The van der Waals surface area contributed by atoms with E-state index >= 15 is 0 Å². The lowest BCUT2D eigenvalue weighted by Gasteiger charge is -2.64. The molecule has 10 atom stereocenters. The van der Waals surface area contributed by atoms with Gasteiger partial charge in [0.2, 0.25) is 0 Å². The highest BCUT2D eigenvalue weighted by Crippen LogP contribution is 2.67. The predicted octanol–water partition coefficient (Wildman–Crippen LogP) is 3.71. The fraction of sp³-hybridized carbons (Fsp3) is 0.727. The van der Waals surface area contributed by atoms with E-state index in [1.807, 2.05) is 12.1 Å². The third-order valence-electron chi connectivity index (χ3n) is 16.5. The Morgan fingerprint density at radius 2 is 1.05 bits per heavy atom. The van der Waals surface area contributed by atoms with E-state index in [4.69, 9.17) is 23.7 Å². The number of piperidine rings is 2. The molecule has 2 saturated heterocycles. The number of phenols is 2. The van der Waals surface area contributed by atoms with Crippen LogP contribution in [0.1, 0.15) is 86.5 Å². The lowest BCUT2D eigenvalue weighted by Crippen LogP contribution is -2.77. The van der Waals surface area contributed by atoms with Crippen LogP contribution in [-0.4, -0.2) is 131 Å². The van der Waals surface area contributed by atoms with Crippen molar-refractivity contribution in [3.8, 4) is 23.0 Å². The topological polar surface area (TPSA) is 134 Å². The van der Waals surface area contributed by atoms with Crippen LogP contribution in [0.5, 0.6) is 23.0 Å². The van der Waals surface area contributed by atoms with Crippen molar-refractivity contribution in [2.24, 2.45) is 11.8 Å². The molecule has 4 N–H and O–H groups in total. The maximum atomic E-state index is 12.7. The van der Waals surface area contributed by atoms with Crippen molar-refractivity contribution in [2.45, 2.75) is 136 Å². The largest absolute Gasteiger partial charge is 0.504 e. The minimum absolute atomic E-state index is 0.0500. The van der Waals surface area contributed by atoms with Gasteiger partial charge in [-0.15, -0.1) is 0 Å². The predicted molar refractivity (Wildman–Crippen MR) is 200 cm³/mol. The smallest absolute Gasteiger partial charge is 0.165 e. The van der Waals surface area contributed by atoms with Gasteiger partial charge in [0.05, 0.1) is 60.7 Å². The average Bonchev–Trinajstić information content (AvgIpc) is 4.10. The number of rotatable bonds is 12. The lowest BCUT2D eigenvalue weighted by molar-refractivity contribution is -0.218. The molecule has 10 aliphatic rings. The zero-order valence-electron chi connectivity index (χ0n) is 31.8. The van der Waals surface area contributed by atoms with Gasteiger partial charge in [0.25, 0.3) is 0 Å². The Balaban J connectivity index is 0.696. The zero-order valence-corrected chi connectivity index (χ0v) is 31.8. The molecule has 55 heavy (non-hydrogen) atoms. The number of hydrogen-bond acceptors (Lipinski definition) is 11. The summed E-state index contributed by atoms with van der Waals surface area (Å²) in [5, 5.41) is 47.4. The molecule has 4 aliphatic heterocycles. The minimum atomic E-state index is -0.921. The van der Waals surface area contributed by atoms with E-state index in [0.29, 0.717) is 63.6 Å². The molecule has 0 radical (unpaired) electrons. The van der Waals surface area contributed by atoms with Crippen molar-refractivity contribution in [3.63, 3.8) is 0 Å². The molecule has 6 aliphatic carbocycles. The van der Waals surface area contributed by atoms with Crippen molar-refractivity contribution in [1.29, 1.82) is 0 Å². The zero-order chi connectivity index (χ0) is 36.9. The molecule has 11 heteroatoms. The molecule has 6 fully saturated rings. The highest BCUT2D eigenvalue weighted by molar-refractivity contribution is 5.64. The maximum absolute atomic E-state index is 12.7. The number of nitrogens with zero attached hydrogens (tertiary/aromatic N) is 2. The second-order valence-corrected chi connectivity index (χ2v) is 19.1. The van der Waals surface area contributed by atoms with E-state index in [0.717, 1.165) is 74.8 Å². The monoisotopic (exact) mass is 756 g/mol. The first kappa shape index (κ1) is 34.4. The van der Waals surface area contributed by atoms with Crippen LogP contribution in [0.25, 0.3) is 0 Å². The highest BCUT2D eigenvalue weighted by atomic mass is 16.6. The summed E-state index contributed by atoms with van der Waals surface area (Å²) in [6, 6.07) is 7.71. The second kappa shape index (κ2) is 12.0. The molecule has 0 amide bonds. The van der Waals surface area contributed by atoms with E-state index < -0.39 is 22.0 Å². The molecule has 4 heterocycles. The summed E-state index contributed by atoms with van der Waals surface area (Å²) in [4.78, 5) is 5.11. The van der Waals surface area contributed by atoms with E-state index in [-0.39, 0.29) is 48.0 Å². The molecular formula is C44H56N2O9. The second-order valence-electron chi connectivity index (χ2n) is 19.1. The first-order valence-corrected chi connectivity index (χ1v) is 21.5. The van der Waals surface area contributed by atoms with Gasteiger partial charge in [-0.2, -0.15) is 0 Å². The van der Waals surface area contributed by atoms with E-state index in [1.54, 1.807) is 12.1 Å². The van der Waals surface area contributed by atoms with Crippen molar-refractivity contribution >= 4 is 0 Å². The molecule has 11 nitrogen and oxygen atoms in total. The number of hydrogen-bond donors (Lipinski definition) is 4. The number of phenolic OH excluding ortho intramolecular Hbond substituents is 2. The van der Waals surface area contributed by atoms with E-state index in [9.17, 15) is 20.4 Å². The molecule has 296 valence electrons. The summed E-state index contributed by atoms with van der Waals surface area (Å²) in [5.41, 5.74) is 1.43. The minimum Gasteiger partial charge on any atom is -0.504 e. The lowest BCUT2D eigenvalue weighted by atomic mass is 9.48. The molecule has 0 aromatic heterocycles. The molecular weight excluding hydrogens is 700 g/mol. The fourth-order valence-corrected chi connectivity index (χ4v) is 13.8. The van der Waals surface area contributed by atoms with Gasteiger partial charge in [0.15, 0.2) is 23.0 Å². The van der Waals surface area contributed by atoms with Crippen molar-refractivity contribution < 1.29 is 44.1 Å². The third kappa shape index (κ3) is 4.58. The van der Waals surface area contributed by atoms with Crippen LogP contribution in [-0.2, 0) is 37.9 Å².